The number of aromatic carboxylic acids is 1. The van der Waals surface area contributed by atoms with Crippen LogP contribution in [-0.2, 0) is 12.8 Å². The largest absolute Gasteiger partial charge is 0.504 e. The number of carbonyl (C=O) groups is 1. The van der Waals surface area contributed by atoms with Crippen molar-refractivity contribution in [3.63, 3.8) is 0 Å². The van der Waals surface area contributed by atoms with Crippen LogP contribution in [0, 0.1) is 0 Å². The standard InChI is InChI=1S/C17H26O4/c1-3-5-7-9-12-11-14(18)16(19)15(17(20)21)13(12)10-8-6-4-2/h11,18-19H,3-10H2,1-2H3,(H,20,21). The fraction of sp³-hybridized carbons (Fsp3) is 0.588. The zero-order valence-corrected chi connectivity index (χ0v) is 13.0. The average molecular weight is 294 g/mol. The number of unbranched alkanes of at least 4 members (excludes halogenated alkanes) is 4. The normalized spacial score (nSPS) is 10.8. The van der Waals surface area contributed by atoms with Gasteiger partial charge in [-0.25, -0.2) is 4.79 Å². The van der Waals surface area contributed by atoms with E-state index in [1.54, 1.807) is 0 Å². The summed E-state index contributed by atoms with van der Waals surface area (Å²) in [4.78, 5) is 11.4. The Morgan fingerprint density at radius 3 is 2.10 bits per heavy atom. The van der Waals surface area contributed by atoms with Crippen LogP contribution in [0.2, 0.25) is 0 Å². The first-order chi connectivity index (χ1) is 10.0. The van der Waals surface area contributed by atoms with Crippen LogP contribution in [0.25, 0.3) is 0 Å². The summed E-state index contributed by atoms with van der Waals surface area (Å²) in [5, 5.41) is 29.0. The van der Waals surface area contributed by atoms with Crippen molar-refractivity contribution in [3.05, 3.63) is 22.8 Å². The molecular formula is C17H26O4. The van der Waals surface area contributed by atoms with Gasteiger partial charge in [-0.15, -0.1) is 0 Å². The molecule has 0 amide bonds. The molecule has 4 nitrogen and oxygen atoms in total. The van der Waals surface area contributed by atoms with Gasteiger partial charge in [-0.3, -0.25) is 0 Å². The first-order valence-corrected chi connectivity index (χ1v) is 7.82. The molecule has 0 fully saturated rings. The lowest BCUT2D eigenvalue weighted by Crippen LogP contribution is -2.07. The molecule has 1 aromatic rings. The number of hydrogen-bond donors (Lipinski definition) is 3. The number of aryl methyl sites for hydroxylation is 1. The molecule has 1 aromatic carbocycles. The van der Waals surface area contributed by atoms with Crippen LogP contribution < -0.4 is 0 Å². The summed E-state index contributed by atoms with van der Waals surface area (Å²) in [6.07, 6.45) is 7.45. The van der Waals surface area contributed by atoms with E-state index in [1.807, 2.05) is 0 Å². The van der Waals surface area contributed by atoms with E-state index in [-0.39, 0.29) is 11.3 Å². The number of carboxylic acids is 1. The highest BCUT2D eigenvalue weighted by atomic mass is 16.4. The van der Waals surface area contributed by atoms with Crippen LogP contribution >= 0.6 is 0 Å². The Labute approximate surface area is 126 Å². The Bertz CT molecular complexity index is 480. The van der Waals surface area contributed by atoms with Gasteiger partial charge < -0.3 is 15.3 Å². The van der Waals surface area contributed by atoms with Gasteiger partial charge in [0.1, 0.15) is 5.56 Å². The Kier molecular flexibility index (Phi) is 7.06. The van der Waals surface area contributed by atoms with Gasteiger partial charge in [0.15, 0.2) is 11.5 Å². The summed E-state index contributed by atoms with van der Waals surface area (Å²) in [7, 11) is 0. The number of phenolic OH excluding ortho intramolecular Hbond substituents is 1. The van der Waals surface area contributed by atoms with Crippen molar-refractivity contribution in [2.24, 2.45) is 0 Å². The minimum atomic E-state index is -1.17. The van der Waals surface area contributed by atoms with Crippen LogP contribution in [0.1, 0.15) is 73.9 Å². The predicted molar refractivity (Wildman–Crippen MR) is 83.2 cm³/mol. The van der Waals surface area contributed by atoms with Crippen LogP contribution in [0.4, 0.5) is 0 Å². The van der Waals surface area contributed by atoms with Gasteiger partial charge in [0.2, 0.25) is 0 Å². The zero-order valence-electron chi connectivity index (χ0n) is 13.0. The molecule has 0 spiro atoms. The Balaban J connectivity index is 3.15. The van der Waals surface area contributed by atoms with Crippen molar-refractivity contribution in [1.82, 2.24) is 0 Å². The van der Waals surface area contributed by atoms with Gasteiger partial charge in [0, 0.05) is 0 Å². The summed E-state index contributed by atoms with van der Waals surface area (Å²) < 4.78 is 0. The van der Waals surface area contributed by atoms with E-state index >= 15 is 0 Å². The molecule has 118 valence electrons. The van der Waals surface area contributed by atoms with Crippen LogP contribution in [0.3, 0.4) is 0 Å². The van der Waals surface area contributed by atoms with Crippen molar-refractivity contribution in [3.8, 4) is 11.5 Å². The van der Waals surface area contributed by atoms with Gasteiger partial charge in [-0.1, -0.05) is 39.5 Å². The summed E-state index contributed by atoms with van der Waals surface area (Å²) in [6.45, 7) is 4.20. The number of carboxylic acid groups (broad SMARTS) is 1. The molecule has 0 heterocycles. The van der Waals surface area contributed by atoms with Crippen molar-refractivity contribution in [2.45, 2.75) is 65.2 Å². The van der Waals surface area contributed by atoms with Crippen molar-refractivity contribution >= 4 is 5.97 Å². The molecular weight excluding hydrogens is 268 g/mol. The smallest absolute Gasteiger partial charge is 0.339 e. The molecule has 4 heteroatoms. The Morgan fingerprint density at radius 1 is 1.00 bits per heavy atom. The molecule has 0 unspecified atom stereocenters. The van der Waals surface area contributed by atoms with Gasteiger partial charge in [-0.05, 0) is 42.9 Å². The zero-order chi connectivity index (χ0) is 15.8. The van der Waals surface area contributed by atoms with Crippen molar-refractivity contribution in [2.75, 3.05) is 0 Å². The average Bonchev–Trinajstić information content (AvgIpc) is 2.43. The number of rotatable bonds is 9. The topological polar surface area (TPSA) is 77.8 Å². The van der Waals surface area contributed by atoms with E-state index in [4.69, 9.17) is 0 Å². The highest BCUT2D eigenvalue weighted by Gasteiger charge is 2.22. The summed E-state index contributed by atoms with van der Waals surface area (Å²) in [6, 6.07) is 1.53. The van der Waals surface area contributed by atoms with E-state index < -0.39 is 11.7 Å². The summed E-state index contributed by atoms with van der Waals surface area (Å²) in [5.41, 5.74) is 1.41. The maximum absolute atomic E-state index is 11.4. The highest BCUT2D eigenvalue weighted by Crippen LogP contribution is 2.35. The fourth-order valence-corrected chi connectivity index (χ4v) is 2.61. The number of aromatic hydroxyl groups is 2. The lowest BCUT2D eigenvalue weighted by molar-refractivity contribution is 0.0691. The molecule has 0 radical (unpaired) electrons. The number of hydrogen-bond acceptors (Lipinski definition) is 3. The lowest BCUT2D eigenvalue weighted by Gasteiger charge is -2.15. The number of phenols is 2. The van der Waals surface area contributed by atoms with E-state index in [2.05, 4.69) is 13.8 Å². The monoisotopic (exact) mass is 294 g/mol. The second-order valence-corrected chi connectivity index (χ2v) is 5.48. The maximum Gasteiger partial charge on any atom is 0.339 e. The molecule has 0 aliphatic heterocycles. The third-order valence-corrected chi connectivity index (χ3v) is 3.77. The molecule has 0 bridgehead atoms. The molecule has 0 atom stereocenters. The molecule has 0 aliphatic rings. The summed E-state index contributed by atoms with van der Waals surface area (Å²) >= 11 is 0. The first kappa shape index (κ1) is 17.3. The first-order valence-electron chi connectivity index (χ1n) is 7.82. The number of benzene rings is 1. The molecule has 0 aliphatic carbocycles. The molecule has 0 saturated heterocycles. The lowest BCUT2D eigenvalue weighted by atomic mass is 9.91. The highest BCUT2D eigenvalue weighted by molar-refractivity contribution is 5.94. The van der Waals surface area contributed by atoms with E-state index in [0.29, 0.717) is 12.0 Å². The minimum absolute atomic E-state index is 0.127. The summed E-state index contributed by atoms with van der Waals surface area (Å²) in [5.74, 6) is -2.02. The van der Waals surface area contributed by atoms with Gasteiger partial charge in [0.05, 0.1) is 0 Å². The van der Waals surface area contributed by atoms with E-state index in [9.17, 15) is 20.1 Å². The quantitative estimate of drug-likeness (QED) is 0.469. The predicted octanol–water partition coefficient (Wildman–Crippen LogP) is 4.26. The van der Waals surface area contributed by atoms with Gasteiger partial charge in [-0.2, -0.15) is 0 Å². The van der Waals surface area contributed by atoms with Crippen LogP contribution in [-0.4, -0.2) is 21.3 Å². The second-order valence-electron chi connectivity index (χ2n) is 5.48. The third-order valence-electron chi connectivity index (χ3n) is 3.77. The van der Waals surface area contributed by atoms with Gasteiger partial charge >= 0.3 is 5.97 Å². The van der Waals surface area contributed by atoms with Crippen molar-refractivity contribution in [1.29, 1.82) is 0 Å². The second kappa shape index (κ2) is 8.55. The van der Waals surface area contributed by atoms with Gasteiger partial charge in [0.25, 0.3) is 0 Å². The van der Waals surface area contributed by atoms with E-state index in [1.165, 1.54) is 6.07 Å². The van der Waals surface area contributed by atoms with Crippen molar-refractivity contribution < 1.29 is 20.1 Å². The van der Waals surface area contributed by atoms with Crippen LogP contribution in [0.15, 0.2) is 6.07 Å². The maximum atomic E-state index is 11.4. The molecule has 21 heavy (non-hydrogen) atoms. The third kappa shape index (κ3) is 4.66. The fourth-order valence-electron chi connectivity index (χ4n) is 2.61. The Morgan fingerprint density at radius 2 is 1.57 bits per heavy atom. The minimum Gasteiger partial charge on any atom is -0.504 e. The SMILES string of the molecule is CCCCCc1cc(O)c(O)c(C(=O)O)c1CCCCC. The molecule has 0 aromatic heterocycles. The Hall–Kier alpha value is -1.71. The van der Waals surface area contributed by atoms with Crippen LogP contribution in [0.5, 0.6) is 11.5 Å². The van der Waals surface area contributed by atoms with E-state index in [0.717, 1.165) is 50.5 Å². The molecule has 0 saturated carbocycles. The molecule has 3 N–H and O–H groups in total. The molecule has 1 rings (SSSR count).